The Balaban J connectivity index is 2.43. The Hall–Kier alpha value is -1.96. The average molecular weight is 281 g/mol. The minimum atomic E-state index is -0.539. The van der Waals surface area contributed by atoms with Crippen molar-refractivity contribution in [2.75, 3.05) is 20.7 Å². The number of esters is 1. The van der Waals surface area contributed by atoms with Crippen LogP contribution in [0.15, 0.2) is 0 Å². The van der Waals surface area contributed by atoms with E-state index in [1.54, 1.807) is 14.0 Å². The molecule has 2 unspecified atom stereocenters. The molecule has 0 aromatic carbocycles. The van der Waals surface area contributed by atoms with Crippen molar-refractivity contribution in [3.05, 3.63) is 11.4 Å². The van der Waals surface area contributed by atoms with Crippen LogP contribution in [0.5, 0.6) is 0 Å². The highest BCUT2D eigenvalue weighted by Gasteiger charge is 2.32. The molecule has 110 valence electrons. The molecule has 0 saturated carbocycles. The van der Waals surface area contributed by atoms with Gasteiger partial charge in [0.05, 0.1) is 18.8 Å². The molecule has 2 atom stereocenters. The average Bonchev–Trinajstić information content (AvgIpc) is 3.12. The highest BCUT2D eigenvalue weighted by Crippen LogP contribution is 2.27. The molecule has 1 amide bonds. The van der Waals surface area contributed by atoms with Crippen molar-refractivity contribution in [3.8, 4) is 0 Å². The number of methoxy groups -OCH3 is 1. The van der Waals surface area contributed by atoms with E-state index in [1.165, 1.54) is 11.8 Å². The second-order valence-electron chi connectivity index (χ2n) is 4.70. The molecule has 2 N–H and O–H groups in total. The first-order chi connectivity index (χ1) is 9.60. The third kappa shape index (κ3) is 2.51. The van der Waals surface area contributed by atoms with Crippen molar-refractivity contribution < 1.29 is 14.3 Å². The first-order valence-corrected chi connectivity index (χ1v) is 6.58. The van der Waals surface area contributed by atoms with E-state index in [-0.39, 0.29) is 17.6 Å². The number of nitrogens with zero attached hydrogens (tertiary/aromatic N) is 3. The van der Waals surface area contributed by atoms with Gasteiger partial charge in [0.15, 0.2) is 5.69 Å². The van der Waals surface area contributed by atoms with Crippen LogP contribution in [0.2, 0.25) is 0 Å². The molecule has 0 aliphatic carbocycles. The second-order valence-corrected chi connectivity index (χ2v) is 4.70. The summed E-state index contributed by atoms with van der Waals surface area (Å²) in [6.07, 6.45) is 1.88. The molecule has 2 rings (SSSR count). The van der Waals surface area contributed by atoms with E-state index in [0.717, 1.165) is 19.4 Å². The lowest BCUT2D eigenvalue weighted by Crippen LogP contribution is -2.31. The van der Waals surface area contributed by atoms with Crippen LogP contribution in [0.1, 0.15) is 48.0 Å². The smallest absolute Gasteiger partial charge is 0.360 e. The Bertz CT molecular complexity index is 507. The van der Waals surface area contributed by atoms with Gasteiger partial charge < -0.3 is 15.4 Å². The lowest BCUT2D eigenvalue weighted by atomic mass is 10.1. The molecular formula is C12H19N5O3. The Morgan fingerprint density at radius 2 is 2.30 bits per heavy atom. The Kier molecular flexibility index (Phi) is 4.33. The molecule has 1 saturated heterocycles. The fourth-order valence-electron chi connectivity index (χ4n) is 2.39. The molecule has 1 fully saturated rings. The van der Waals surface area contributed by atoms with Crippen molar-refractivity contribution in [2.24, 2.45) is 0 Å². The molecule has 0 radical (unpaired) electrons. The third-order valence-corrected chi connectivity index (χ3v) is 3.49. The third-order valence-electron chi connectivity index (χ3n) is 3.49. The van der Waals surface area contributed by atoms with Gasteiger partial charge in [0, 0.05) is 7.05 Å². The van der Waals surface area contributed by atoms with E-state index in [1.807, 2.05) is 0 Å². The lowest BCUT2D eigenvalue weighted by molar-refractivity contribution is -0.123. The number of ether oxygens (including phenoxy) is 1. The maximum atomic E-state index is 11.8. The molecule has 1 aliphatic rings. The van der Waals surface area contributed by atoms with Crippen LogP contribution in [0.25, 0.3) is 0 Å². The molecular weight excluding hydrogens is 262 g/mol. The molecule has 1 aliphatic heterocycles. The SMILES string of the molecule is CNC(=O)C(C)n1nnc(C(=O)OC)c1C1CCCN1. The van der Waals surface area contributed by atoms with E-state index < -0.39 is 12.0 Å². The summed E-state index contributed by atoms with van der Waals surface area (Å²) in [5.74, 6) is -0.727. The maximum Gasteiger partial charge on any atom is 0.360 e. The van der Waals surface area contributed by atoms with Crippen molar-refractivity contribution in [1.29, 1.82) is 0 Å². The number of hydrogen-bond acceptors (Lipinski definition) is 6. The summed E-state index contributed by atoms with van der Waals surface area (Å²) in [6, 6.07) is -0.575. The molecule has 8 nitrogen and oxygen atoms in total. The predicted octanol–water partition coefficient (Wildman–Crippen LogP) is -0.204. The van der Waals surface area contributed by atoms with Crippen LogP contribution in [0.4, 0.5) is 0 Å². The number of rotatable bonds is 4. The monoisotopic (exact) mass is 281 g/mol. The normalized spacial score (nSPS) is 19.6. The van der Waals surface area contributed by atoms with Gasteiger partial charge in [0.25, 0.3) is 0 Å². The molecule has 1 aromatic heterocycles. The van der Waals surface area contributed by atoms with Gasteiger partial charge >= 0.3 is 5.97 Å². The van der Waals surface area contributed by atoms with E-state index >= 15 is 0 Å². The van der Waals surface area contributed by atoms with Crippen molar-refractivity contribution in [3.63, 3.8) is 0 Å². The summed E-state index contributed by atoms with van der Waals surface area (Å²) in [4.78, 5) is 23.6. The van der Waals surface area contributed by atoms with Crippen LogP contribution in [-0.4, -0.2) is 47.6 Å². The Labute approximate surface area is 116 Å². The summed E-state index contributed by atoms with van der Waals surface area (Å²) in [6.45, 7) is 2.58. The molecule has 2 heterocycles. The highest BCUT2D eigenvalue weighted by molar-refractivity contribution is 5.88. The minimum Gasteiger partial charge on any atom is -0.464 e. The van der Waals surface area contributed by atoms with Gasteiger partial charge in [-0.25, -0.2) is 9.48 Å². The Morgan fingerprint density at radius 3 is 2.85 bits per heavy atom. The van der Waals surface area contributed by atoms with E-state index in [9.17, 15) is 9.59 Å². The number of likely N-dealkylation sites (N-methyl/N-ethyl adjacent to an activating group) is 1. The van der Waals surface area contributed by atoms with Gasteiger partial charge in [-0.1, -0.05) is 5.21 Å². The van der Waals surface area contributed by atoms with Crippen molar-refractivity contribution in [2.45, 2.75) is 31.8 Å². The number of carbonyl (C=O) groups is 2. The molecule has 1 aromatic rings. The first kappa shape index (κ1) is 14.4. The minimum absolute atomic E-state index is 0.0359. The summed E-state index contributed by atoms with van der Waals surface area (Å²) >= 11 is 0. The summed E-state index contributed by atoms with van der Waals surface area (Å²) in [7, 11) is 2.86. The molecule has 0 bridgehead atoms. The zero-order valence-corrected chi connectivity index (χ0v) is 11.8. The van der Waals surface area contributed by atoms with Gasteiger partial charge in [-0.15, -0.1) is 5.10 Å². The summed E-state index contributed by atoms with van der Waals surface area (Å²) in [5, 5.41) is 13.7. The van der Waals surface area contributed by atoms with Gasteiger partial charge in [-0.2, -0.15) is 0 Å². The number of amides is 1. The summed E-state index contributed by atoms with van der Waals surface area (Å²) in [5.41, 5.74) is 0.785. The fraction of sp³-hybridized carbons (Fsp3) is 0.667. The van der Waals surface area contributed by atoms with E-state index in [4.69, 9.17) is 4.74 Å². The number of nitrogens with one attached hydrogen (secondary N) is 2. The lowest BCUT2D eigenvalue weighted by Gasteiger charge is -2.17. The van der Waals surface area contributed by atoms with Crippen LogP contribution in [0.3, 0.4) is 0 Å². The van der Waals surface area contributed by atoms with E-state index in [2.05, 4.69) is 20.9 Å². The Morgan fingerprint density at radius 1 is 1.55 bits per heavy atom. The number of aromatic nitrogens is 3. The van der Waals surface area contributed by atoms with Gasteiger partial charge in [-0.3, -0.25) is 4.79 Å². The predicted molar refractivity (Wildman–Crippen MR) is 70.1 cm³/mol. The van der Waals surface area contributed by atoms with Crippen molar-refractivity contribution in [1.82, 2.24) is 25.6 Å². The first-order valence-electron chi connectivity index (χ1n) is 6.58. The zero-order chi connectivity index (χ0) is 14.7. The fourth-order valence-corrected chi connectivity index (χ4v) is 2.39. The topological polar surface area (TPSA) is 98.1 Å². The number of carbonyl (C=O) groups excluding carboxylic acids is 2. The van der Waals surface area contributed by atoms with Gasteiger partial charge in [0.1, 0.15) is 6.04 Å². The zero-order valence-electron chi connectivity index (χ0n) is 11.8. The quantitative estimate of drug-likeness (QED) is 0.741. The van der Waals surface area contributed by atoms with Crippen molar-refractivity contribution >= 4 is 11.9 Å². The van der Waals surface area contributed by atoms with Gasteiger partial charge in [-0.05, 0) is 26.3 Å². The van der Waals surface area contributed by atoms with E-state index in [0.29, 0.717) is 5.69 Å². The molecule has 8 heteroatoms. The molecule has 20 heavy (non-hydrogen) atoms. The van der Waals surface area contributed by atoms with Gasteiger partial charge in [0.2, 0.25) is 5.91 Å². The highest BCUT2D eigenvalue weighted by atomic mass is 16.5. The number of hydrogen-bond donors (Lipinski definition) is 2. The second kappa shape index (κ2) is 6.00. The largest absolute Gasteiger partial charge is 0.464 e. The van der Waals surface area contributed by atoms with Crippen LogP contribution < -0.4 is 10.6 Å². The van der Waals surface area contributed by atoms with Crippen LogP contribution in [0, 0.1) is 0 Å². The van der Waals surface area contributed by atoms with Crippen LogP contribution >= 0.6 is 0 Å². The summed E-state index contributed by atoms with van der Waals surface area (Å²) < 4.78 is 6.23. The maximum absolute atomic E-state index is 11.8. The molecule has 0 spiro atoms. The standard InChI is InChI=1S/C12H19N5O3/c1-7(11(18)13-2)17-10(8-5-4-6-14-8)9(15-16-17)12(19)20-3/h7-8,14H,4-6H2,1-3H3,(H,13,18). The van der Waals surface area contributed by atoms with Crippen LogP contribution in [-0.2, 0) is 9.53 Å².